The molecule has 0 amide bonds. The maximum absolute atomic E-state index is 6.05. The fourth-order valence-electron chi connectivity index (χ4n) is 2.99. The Labute approximate surface area is 180 Å². The summed E-state index contributed by atoms with van der Waals surface area (Å²) in [5.74, 6) is 2.58. The van der Waals surface area contributed by atoms with E-state index in [4.69, 9.17) is 9.47 Å². The Morgan fingerprint density at radius 3 is 2.74 bits per heavy atom. The van der Waals surface area contributed by atoms with Crippen molar-refractivity contribution >= 4 is 29.9 Å². The van der Waals surface area contributed by atoms with Crippen LogP contribution in [-0.4, -0.2) is 63.9 Å². The lowest BCUT2D eigenvalue weighted by Crippen LogP contribution is -2.44. The number of guanidine groups is 1. The van der Waals surface area contributed by atoms with Crippen LogP contribution in [0, 0.1) is 12.8 Å². The number of ether oxygens (including phenoxy) is 2. The molecular formula is C20H33IN4O2. The van der Waals surface area contributed by atoms with Gasteiger partial charge in [0.15, 0.2) is 5.96 Å². The summed E-state index contributed by atoms with van der Waals surface area (Å²) in [7, 11) is 1.81. The molecule has 152 valence electrons. The molecule has 3 rings (SSSR count). The van der Waals surface area contributed by atoms with Gasteiger partial charge in [-0.3, -0.25) is 9.89 Å². The number of hydrogen-bond acceptors (Lipinski definition) is 4. The van der Waals surface area contributed by atoms with Crippen molar-refractivity contribution in [3.8, 4) is 5.75 Å². The van der Waals surface area contributed by atoms with Crippen LogP contribution in [0.4, 0.5) is 0 Å². The molecule has 6 nitrogen and oxygen atoms in total. The average Bonchev–Trinajstić information content (AvgIpc) is 3.49. The van der Waals surface area contributed by atoms with E-state index in [2.05, 4.69) is 45.6 Å². The molecule has 0 unspecified atom stereocenters. The molecule has 0 spiro atoms. The molecule has 2 N–H and O–H groups in total. The number of aryl methyl sites for hydroxylation is 1. The van der Waals surface area contributed by atoms with Crippen LogP contribution in [0.3, 0.4) is 0 Å². The van der Waals surface area contributed by atoms with Gasteiger partial charge < -0.3 is 20.1 Å². The molecule has 1 aliphatic carbocycles. The Balaban J connectivity index is 0.00000261. The van der Waals surface area contributed by atoms with Crippen LogP contribution in [0.15, 0.2) is 23.2 Å². The number of benzene rings is 1. The summed E-state index contributed by atoms with van der Waals surface area (Å²) in [6.45, 7) is 9.22. The van der Waals surface area contributed by atoms with Crippen molar-refractivity contribution in [3.63, 3.8) is 0 Å². The van der Waals surface area contributed by atoms with E-state index in [0.717, 1.165) is 63.6 Å². The van der Waals surface area contributed by atoms with Crippen molar-refractivity contribution in [3.05, 3.63) is 29.3 Å². The number of rotatable bonds is 8. The van der Waals surface area contributed by atoms with Gasteiger partial charge in [-0.25, -0.2) is 0 Å². The predicted molar refractivity (Wildman–Crippen MR) is 120 cm³/mol. The zero-order valence-corrected chi connectivity index (χ0v) is 18.8. The fraction of sp³-hybridized carbons (Fsp3) is 0.650. The van der Waals surface area contributed by atoms with Gasteiger partial charge in [0.1, 0.15) is 5.75 Å². The highest BCUT2D eigenvalue weighted by molar-refractivity contribution is 14.0. The molecule has 0 radical (unpaired) electrons. The lowest BCUT2D eigenvalue weighted by Gasteiger charge is -2.26. The highest BCUT2D eigenvalue weighted by atomic mass is 127. The number of aliphatic imine (C=N–C) groups is 1. The molecule has 1 heterocycles. The van der Waals surface area contributed by atoms with Crippen LogP contribution in [0.2, 0.25) is 0 Å². The van der Waals surface area contributed by atoms with Gasteiger partial charge in [0, 0.05) is 45.3 Å². The molecule has 1 aromatic rings. The van der Waals surface area contributed by atoms with Crippen molar-refractivity contribution < 1.29 is 9.47 Å². The van der Waals surface area contributed by atoms with Crippen molar-refractivity contribution in [2.45, 2.75) is 26.3 Å². The van der Waals surface area contributed by atoms with E-state index >= 15 is 0 Å². The van der Waals surface area contributed by atoms with Crippen molar-refractivity contribution in [2.75, 3.05) is 53.0 Å². The van der Waals surface area contributed by atoms with Gasteiger partial charge in [-0.05, 0) is 37.3 Å². The van der Waals surface area contributed by atoms with Gasteiger partial charge in [-0.2, -0.15) is 0 Å². The monoisotopic (exact) mass is 488 g/mol. The van der Waals surface area contributed by atoms with Gasteiger partial charge >= 0.3 is 0 Å². The lowest BCUT2D eigenvalue weighted by molar-refractivity contribution is 0.0389. The Hall–Kier alpha value is -1.06. The maximum Gasteiger partial charge on any atom is 0.191 e. The molecule has 0 bridgehead atoms. The summed E-state index contributed by atoms with van der Waals surface area (Å²) in [5.41, 5.74) is 2.40. The molecule has 2 fully saturated rings. The third-order valence-electron chi connectivity index (χ3n) is 4.89. The van der Waals surface area contributed by atoms with E-state index in [1.807, 2.05) is 7.05 Å². The van der Waals surface area contributed by atoms with Gasteiger partial charge in [0.05, 0.1) is 19.8 Å². The highest BCUT2D eigenvalue weighted by Crippen LogP contribution is 2.30. The van der Waals surface area contributed by atoms with Gasteiger partial charge in [-0.15, -0.1) is 24.0 Å². The Bertz CT molecular complexity index is 602. The summed E-state index contributed by atoms with van der Waals surface area (Å²) in [5, 5.41) is 6.80. The zero-order valence-electron chi connectivity index (χ0n) is 16.5. The third-order valence-corrected chi connectivity index (χ3v) is 4.89. The molecule has 7 heteroatoms. The van der Waals surface area contributed by atoms with Gasteiger partial charge in [-0.1, -0.05) is 12.1 Å². The maximum atomic E-state index is 6.05. The second kappa shape index (κ2) is 11.7. The molecular weight excluding hydrogens is 455 g/mol. The summed E-state index contributed by atoms with van der Waals surface area (Å²) in [6, 6.07) is 6.41. The molecule has 1 aliphatic heterocycles. The minimum absolute atomic E-state index is 0. The lowest BCUT2D eigenvalue weighted by atomic mass is 10.1. The minimum atomic E-state index is 0. The molecule has 0 aromatic heterocycles. The SMILES string of the molecule is CN=C(NCCN1CCOCC1)NCc1ccc(C)cc1OCC1CC1.I. The Morgan fingerprint density at radius 2 is 2.04 bits per heavy atom. The summed E-state index contributed by atoms with van der Waals surface area (Å²) in [4.78, 5) is 6.74. The van der Waals surface area contributed by atoms with E-state index in [0.29, 0.717) is 6.54 Å². The van der Waals surface area contributed by atoms with Crippen LogP contribution in [-0.2, 0) is 11.3 Å². The van der Waals surface area contributed by atoms with Crippen molar-refractivity contribution in [1.82, 2.24) is 15.5 Å². The first kappa shape index (κ1) is 22.2. The van der Waals surface area contributed by atoms with E-state index in [1.54, 1.807) is 0 Å². The number of nitrogens with zero attached hydrogens (tertiary/aromatic N) is 2. The molecule has 1 aromatic carbocycles. The standard InChI is InChI=1S/C20H32N4O2.HI/c1-16-3-6-18(19(13-16)26-15-17-4-5-17)14-23-20(21-2)22-7-8-24-9-11-25-12-10-24;/h3,6,13,17H,4-5,7-12,14-15H2,1-2H3,(H2,21,22,23);1H. The third kappa shape index (κ3) is 7.83. The number of morpholine rings is 1. The number of hydrogen-bond donors (Lipinski definition) is 2. The second-order valence-corrected chi connectivity index (χ2v) is 7.17. The number of halogens is 1. The minimum Gasteiger partial charge on any atom is -0.493 e. The molecule has 1 saturated heterocycles. The summed E-state index contributed by atoms with van der Waals surface area (Å²) >= 11 is 0. The zero-order chi connectivity index (χ0) is 18.2. The molecule has 0 atom stereocenters. The van der Waals surface area contributed by atoms with Crippen LogP contribution in [0.25, 0.3) is 0 Å². The normalized spacial score (nSPS) is 17.9. The first-order chi connectivity index (χ1) is 12.7. The largest absolute Gasteiger partial charge is 0.493 e. The Morgan fingerprint density at radius 1 is 1.26 bits per heavy atom. The molecule has 1 saturated carbocycles. The van der Waals surface area contributed by atoms with E-state index in [-0.39, 0.29) is 24.0 Å². The van der Waals surface area contributed by atoms with E-state index in [9.17, 15) is 0 Å². The fourth-order valence-corrected chi connectivity index (χ4v) is 2.99. The van der Waals surface area contributed by atoms with Crippen LogP contribution in [0.5, 0.6) is 5.75 Å². The van der Waals surface area contributed by atoms with Crippen LogP contribution in [0.1, 0.15) is 24.0 Å². The number of nitrogens with one attached hydrogen (secondary N) is 2. The quantitative estimate of drug-likeness (QED) is 0.335. The topological polar surface area (TPSA) is 58.1 Å². The van der Waals surface area contributed by atoms with E-state index < -0.39 is 0 Å². The van der Waals surface area contributed by atoms with Crippen LogP contribution < -0.4 is 15.4 Å². The van der Waals surface area contributed by atoms with Gasteiger partial charge in [0.25, 0.3) is 0 Å². The van der Waals surface area contributed by atoms with Gasteiger partial charge in [0.2, 0.25) is 0 Å². The molecule has 27 heavy (non-hydrogen) atoms. The van der Waals surface area contributed by atoms with Crippen molar-refractivity contribution in [1.29, 1.82) is 0 Å². The van der Waals surface area contributed by atoms with Crippen molar-refractivity contribution in [2.24, 2.45) is 10.9 Å². The summed E-state index contributed by atoms with van der Waals surface area (Å²) in [6.07, 6.45) is 2.61. The predicted octanol–water partition coefficient (Wildman–Crippen LogP) is 2.40. The van der Waals surface area contributed by atoms with Crippen LogP contribution >= 0.6 is 24.0 Å². The first-order valence-corrected chi connectivity index (χ1v) is 9.71. The van der Waals surface area contributed by atoms with E-state index in [1.165, 1.54) is 24.0 Å². The molecule has 2 aliphatic rings. The second-order valence-electron chi connectivity index (χ2n) is 7.17. The Kier molecular flexibility index (Phi) is 9.64. The first-order valence-electron chi connectivity index (χ1n) is 9.71. The summed E-state index contributed by atoms with van der Waals surface area (Å²) < 4.78 is 11.4. The highest BCUT2D eigenvalue weighted by Gasteiger charge is 2.22. The average molecular weight is 488 g/mol. The smallest absolute Gasteiger partial charge is 0.191 e.